The molecule has 0 bridgehead atoms. The van der Waals surface area contributed by atoms with Crippen LogP contribution in [-0.4, -0.2) is 6.17 Å². The lowest BCUT2D eigenvalue weighted by molar-refractivity contribution is 0.306. The van der Waals surface area contributed by atoms with Gasteiger partial charge in [-0.25, -0.2) is 57.1 Å². The van der Waals surface area contributed by atoms with Crippen LogP contribution in [0.5, 0.6) is 0 Å². The molecule has 0 aliphatic heterocycles. The molecule has 2 aliphatic rings. The van der Waals surface area contributed by atoms with Crippen molar-refractivity contribution in [3.05, 3.63) is 92.1 Å². The van der Waals surface area contributed by atoms with E-state index in [0.29, 0.717) is 0 Å². The van der Waals surface area contributed by atoms with Crippen LogP contribution in [0.3, 0.4) is 0 Å². The third kappa shape index (κ3) is 2.47. The first-order chi connectivity index (χ1) is 14.8. The highest BCUT2D eigenvalue weighted by Gasteiger charge is 2.48. The zero-order chi connectivity index (χ0) is 24.0. The molecule has 0 nitrogen and oxygen atoms in total. The Morgan fingerprint density at radius 2 is 0.688 bits per heavy atom. The lowest BCUT2D eigenvalue weighted by Gasteiger charge is -2.18. The second-order valence-electron chi connectivity index (χ2n) is 6.45. The maximum Gasteiger partial charge on any atom is 0.206 e. The molecule has 0 amide bonds. The van der Waals surface area contributed by atoms with E-state index in [-0.39, 0.29) is 0 Å². The number of fused-ring (bicyclic) bond motifs is 3. The van der Waals surface area contributed by atoms with Gasteiger partial charge in [0, 0.05) is 27.8 Å². The summed E-state index contributed by atoms with van der Waals surface area (Å²) in [6.07, 6.45) is -3.62. The molecule has 0 N–H and O–H groups in total. The molecule has 0 radical (unpaired) electrons. The summed E-state index contributed by atoms with van der Waals surface area (Å²) in [4.78, 5) is 0. The van der Waals surface area contributed by atoms with Crippen LogP contribution in [0.15, 0.2) is 23.1 Å². The van der Waals surface area contributed by atoms with Crippen molar-refractivity contribution in [3.8, 4) is 0 Å². The summed E-state index contributed by atoms with van der Waals surface area (Å²) in [7, 11) is 0. The van der Waals surface area contributed by atoms with Crippen LogP contribution in [0.1, 0.15) is 16.7 Å². The number of allylic oxidation sites excluding steroid dienone is 5. The van der Waals surface area contributed by atoms with Gasteiger partial charge in [-0.05, 0) is 0 Å². The fraction of sp³-hybridized carbons (Fsp3) is 0.0526. The molecule has 0 fully saturated rings. The van der Waals surface area contributed by atoms with E-state index in [1.807, 2.05) is 0 Å². The molecule has 2 aliphatic carbocycles. The monoisotopic (exact) mass is 476 g/mol. The molecule has 0 saturated heterocycles. The summed E-state index contributed by atoms with van der Waals surface area (Å²) in [5, 5.41) is 0. The average molecular weight is 476 g/mol. The van der Waals surface area contributed by atoms with Crippen LogP contribution in [0.25, 0.3) is 11.1 Å². The highest BCUT2D eigenvalue weighted by Crippen LogP contribution is 2.56. The Labute approximate surface area is 167 Å². The van der Waals surface area contributed by atoms with Crippen molar-refractivity contribution in [3.63, 3.8) is 0 Å². The number of hydrogen-bond donors (Lipinski definition) is 0. The topological polar surface area (TPSA) is 0 Å². The molecular weight excluding hydrogens is 475 g/mol. The number of halogens is 13. The van der Waals surface area contributed by atoms with Gasteiger partial charge >= 0.3 is 0 Å². The fourth-order valence-electron chi connectivity index (χ4n) is 3.48. The van der Waals surface area contributed by atoms with Gasteiger partial charge in [-0.3, -0.25) is 0 Å². The van der Waals surface area contributed by atoms with Crippen molar-refractivity contribution in [2.45, 2.75) is 6.17 Å². The van der Waals surface area contributed by atoms with Crippen LogP contribution in [0.4, 0.5) is 57.1 Å². The molecular formula is C19HF13. The van der Waals surface area contributed by atoms with Crippen molar-refractivity contribution in [1.29, 1.82) is 0 Å². The first-order valence-corrected chi connectivity index (χ1v) is 8.06. The summed E-state index contributed by atoms with van der Waals surface area (Å²) in [5.74, 6) is -31.9. The minimum atomic E-state index is -3.62. The van der Waals surface area contributed by atoms with E-state index in [1.54, 1.807) is 0 Å². The SMILES string of the molecule is FC1=C(F)C(F)C(F)=C2C1=C(c1c(F)c(F)c(F)c(F)c1F)c1c(F)c(F)c(F)c(F)c12. The first-order valence-electron chi connectivity index (χ1n) is 8.06. The Bertz CT molecular complexity index is 1320. The molecule has 1 atom stereocenters. The van der Waals surface area contributed by atoms with E-state index in [2.05, 4.69) is 0 Å². The Hall–Kier alpha value is -3.25. The minimum Gasteiger partial charge on any atom is -0.232 e. The van der Waals surface area contributed by atoms with Crippen molar-refractivity contribution in [2.24, 2.45) is 0 Å². The smallest absolute Gasteiger partial charge is 0.206 e. The molecule has 1 unspecified atom stereocenters. The average Bonchev–Trinajstić information content (AvgIpc) is 3.12. The van der Waals surface area contributed by atoms with Gasteiger partial charge in [0.15, 0.2) is 58.2 Å². The molecule has 2 aromatic rings. The molecule has 32 heavy (non-hydrogen) atoms. The second-order valence-corrected chi connectivity index (χ2v) is 6.45. The first kappa shape index (κ1) is 22.0. The minimum absolute atomic E-state index is 1.83. The predicted octanol–water partition coefficient (Wildman–Crippen LogP) is 6.94. The Kier molecular flexibility index (Phi) is 4.72. The quantitative estimate of drug-likeness (QED) is 0.238. The van der Waals surface area contributed by atoms with Crippen LogP contribution >= 0.6 is 0 Å². The summed E-state index contributed by atoms with van der Waals surface area (Å²) in [6.45, 7) is 0. The lowest BCUT2D eigenvalue weighted by atomic mass is 9.92. The largest absolute Gasteiger partial charge is 0.232 e. The third-order valence-electron chi connectivity index (χ3n) is 4.84. The number of hydrogen-bond acceptors (Lipinski definition) is 0. The van der Waals surface area contributed by atoms with Crippen molar-refractivity contribution in [1.82, 2.24) is 0 Å². The van der Waals surface area contributed by atoms with Crippen LogP contribution < -0.4 is 0 Å². The van der Waals surface area contributed by atoms with E-state index < -0.39 is 109 Å². The number of benzene rings is 2. The van der Waals surface area contributed by atoms with Gasteiger partial charge in [0.25, 0.3) is 0 Å². The van der Waals surface area contributed by atoms with Crippen LogP contribution in [0.2, 0.25) is 0 Å². The Morgan fingerprint density at radius 1 is 0.344 bits per heavy atom. The Balaban J connectivity index is 2.33. The summed E-state index contributed by atoms with van der Waals surface area (Å²) >= 11 is 0. The van der Waals surface area contributed by atoms with Crippen molar-refractivity contribution in [2.75, 3.05) is 0 Å². The highest BCUT2D eigenvalue weighted by atomic mass is 19.2. The number of alkyl halides is 1. The van der Waals surface area contributed by atoms with Gasteiger partial charge in [-0.1, -0.05) is 0 Å². The van der Waals surface area contributed by atoms with E-state index in [4.69, 9.17) is 0 Å². The molecule has 0 heterocycles. The van der Waals surface area contributed by atoms with Crippen molar-refractivity contribution < 1.29 is 57.1 Å². The van der Waals surface area contributed by atoms with Gasteiger partial charge < -0.3 is 0 Å². The third-order valence-corrected chi connectivity index (χ3v) is 4.84. The Morgan fingerprint density at radius 3 is 1.12 bits per heavy atom. The normalized spacial score (nSPS) is 18.1. The van der Waals surface area contributed by atoms with Gasteiger partial charge in [0.2, 0.25) is 12.0 Å². The maximum absolute atomic E-state index is 14.5. The van der Waals surface area contributed by atoms with E-state index >= 15 is 0 Å². The van der Waals surface area contributed by atoms with Crippen LogP contribution in [-0.2, 0) is 0 Å². The summed E-state index contributed by atoms with van der Waals surface area (Å²) in [5.41, 5.74) is -11.7. The second kappa shape index (κ2) is 6.87. The van der Waals surface area contributed by atoms with E-state index in [1.165, 1.54) is 0 Å². The predicted molar refractivity (Wildman–Crippen MR) is 80.7 cm³/mol. The molecule has 0 spiro atoms. The molecule has 4 rings (SSSR count). The van der Waals surface area contributed by atoms with Crippen LogP contribution in [0, 0.1) is 52.4 Å². The molecule has 168 valence electrons. The standard InChI is InChI=1S/C19HF13/c20-7-2-1(6-11(24)17(30)19(32)18(31)12(6)25)3-5(4(2)9(22)15(28)13(7)26)10(23)16(29)14(27)8(3)21/h15H. The molecule has 0 saturated carbocycles. The summed E-state index contributed by atoms with van der Waals surface area (Å²) < 4.78 is 183. The van der Waals surface area contributed by atoms with Gasteiger partial charge in [0.05, 0.1) is 5.56 Å². The molecule has 2 aromatic carbocycles. The highest BCUT2D eigenvalue weighted by molar-refractivity contribution is 6.09. The van der Waals surface area contributed by atoms with E-state index in [9.17, 15) is 57.1 Å². The zero-order valence-electron chi connectivity index (χ0n) is 14.5. The van der Waals surface area contributed by atoms with Crippen molar-refractivity contribution >= 4 is 11.1 Å². The van der Waals surface area contributed by atoms with Gasteiger partial charge in [-0.2, -0.15) is 0 Å². The lowest BCUT2D eigenvalue weighted by Crippen LogP contribution is -2.14. The summed E-state index contributed by atoms with van der Waals surface area (Å²) in [6, 6.07) is 0. The molecule has 13 heteroatoms. The fourth-order valence-corrected chi connectivity index (χ4v) is 3.48. The van der Waals surface area contributed by atoms with E-state index in [0.717, 1.165) is 0 Å². The zero-order valence-corrected chi connectivity index (χ0v) is 14.5. The molecule has 0 aromatic heterocycles. The van der Waals surface area contributed by atoms with Gasteiger partial charge in [-0.15, -0.1) is 0 Å². The number of rotatable bonds is 1. The van der Waals surface area contributed by atoms with Gasteiger partial charge in [0.1, 0.15) is 5.83 Å². The maximum atomic E-state index is 14.5.